The van der Waals surface area contributed by atoms with Crippen molar-refractivity contribution in [2.75, 3.05) is 27.6 Å². The molecule has 2 aromatic rings. The monoisotopic (exact) mass is 355 g/mol. The molecule has 3 heterocycles. The number of hydrogen-bond donors (Lipinski definition) is 0. The highest BCUT2D eigenvalue weighted by molar-refractivity contribution is 5.54. The molecule has 6 heteroatoms. The topological polar surface area (TPSA) is 60.0 Å². The summed E-state index contributed by atoms with van der Waals surface area (Å²) in [7, 11) is 3.25. The van der Waals surface area contributed by atoms with E-state index in [1.807, 2.05) is 18.2 Å². The van der Waals surface area contributed by atoms with Gasteiger partial charge in [-0.3, -0.25) is 0 Å². The SMILES string of the molecule is COc1ccc2c(c1OC)C[N@@+]1([O-])CCc3cc4c(cc3[C@@H]1C2)OCO4. The summed E-state index contributed by atoms with van der Waals surface area (Å²) in [6.07, 6.45) is 1.43. The zero-order valence-electron chi connectivity index (χ0n) is 14.9. The van der Waals surface area contributed by atoms with Crippen LogP contribution in [0.4, 0.5) is 0 Å². The number of quaternary nitrogens is 1. The summed E-state index contributed by atoms with van der Waals surface area (Å²) in [5.41, 5.74) is 4.42. The Bertz CT molecular complexity index is 896. The summed E-state index contributed by atoms with van der Waals surface area (Å²) in [5, 5.41) is 13.8. The second kappa shape index (κ2) is 5.53. The number of ether oxygens (including phenoxy) is 4. The van der Waals surface area contributed by atoms with Crippen molar-refractivity contribution in [3.63, 3.8) is 0 Å². The predicted molar refractivity (Wildman–Crippen MR) is 94.5 cm³/mol. The lowest BCUT2D eigenvalue weighted by molar-refractivity contribution is -0.928. The average molecular weight is 355 g/mol. The predicted octanol–water partition coefficient (Wildman–Crippen LogP) is 3.10. The molecule has 6 nitrogen and oxygen atoms in total. The van der Waals surface area contributed by atoms with E-state index in [2.05, 4.69) is 6.07 Å². The van der Waals surface area contributed by atoms with Gasteiger partial charge in [0.05, 0.1) is 26.3 Å². The van der Waals surface area contributed by atoms with E-state index in [4.69, 9.17) is 18.9 Å². The molecule has 0 saturated carbocycles. The van der Waals surface area contributed by atoms with Gasteiger partial charge in [-0.2, -0.15) is 0 Å². The van der Waals surface area contributed by atoms with Crippen molar-refractivity contribution in [2.24, 2.45) is 0 Å². The van der Waals surface area contributed by atoms with Crippen LogP contribution in [0.2, 0.25) is 0 Å². The van der Waals surface area contributed by atoms with Crippen molar-refractivity contribution >= 4 is 0 Å². The molecule has 26 heavy (non-hydrogen) atoms. The summed E-state index contributed by atoms with van der Waals surface area (Å²) >= 11 is 0. The van der Waals surface area contributed by atoms with Crippen LogP contribution in [-0.2, 0) is 19.4 Å². The molecule has 0 bridgehead atoms. The standard InChI is InChI=1S/C20H21NO5/c1-23-17-4-3-12-7-16-14-9-19-18(25-11-26-19)8-13(14)5-6-21(16,22)10-15(12)20(17)24-2/h3-4,8-9,16H,5-7,10-11H2,1-2H3/t16-,21-/m0/s1. The number of hydrogen-bond acceptors (Lipinski definition) is 5. The van der Waals surface area contributed by atoms with Gasteiger partial charge in [-0.25, -0.2) is 0 Å². The van der Waals surface area contributed by atoms with Crippen LogP contribution >= 0.6 is 0 Å². The van der Waals surface area contributed by atoms with Gasteiger partial charge in [0.15, 0.2) is 23.0 Å². The molecule has 2 aromatic carbocycles. The van der Waals surface area contributed by atoms with E-state index in [0.29, 0.717) is 31.0 Å². The van der Waals surface area contributed by atoms with Gasteiger partial charge in [-0.15, -0.1) is 0 Å². The Kier molecular flexibility index (Phi) is 3.36. The van der Waals surface area contributed by atoms with E-state index in [1.165, 1.54) is 5.56 Å². The molecule has 0 saturated heterocycles. The van der Waals surface area contributed by atoms with Gasteiger partial charge < -0.3 is 28.8 Å². The van der Waals surface area contributed by atoms with E-state index in [0.717, 1.165) is 34.6 Å². The van der Waals surface area contributed by atoms with Crippen molar-refractivity contribution in [2.45, 2.75) is 25.4 Å². The third-order valence-electron chi connectivity index (χ3n) is 5.91. The van der Waals surface area contributed by atoms with Crippen LogP contribution in [0.3, 0.4) is 0 Å². The van der Waals surface area contributed by atoms with Crippen molar-refractivity contribution in [1.29, 1.82) is 0 Å². The maximum absolute atomic E-state index is 13.8. The van der Waals surface area contributed by atoms with Crippen LogP contribution in [0.5, 0.6) is 23.0 Å². The maximum Gasteiger partial charge on any atom is 0.231 e. The number of methoxy groups -OCH3 is 2. The Hall–Kier alpha value is -2.44. The third kappa shape index (κ3) is 2.12. The molecular weight excluding hydrogens is 334 g/mol. The van der Waals surface area contributed by atoms with Gasteiger partial charge >= 0.3 is 0 Å². The molecule has 0 radical (unpaired) electrons. The lowest BCUT2D eigenvalue weighted by Crippen LogP contribution is -2.52. The Labute approximate surface area is 152 Å². The van der Waals surface area contributed by atoms with E-state index in [1.54, 1.807) is 14.2 Å². The Morgan fingerprint density at radius 1 is 1.08 bits per heavy atom. The molecule has 0 spiro atoms. The van der Waals surface area contributed by atoms with Crippen LogP contribution in [0.15, 0.2) is 24.3 Å². The first-order valence-corrected chi connectivity index (χ1v) is 8.86. The Balaban J connectivity index is 1.62. The molecule has 0 fully saturated rings. The molecular formula is C20H21NO5. The molecule has 5 rings (SSSR count). The van der Waals surface area contributed by atoms with E-state index >= 15 is 0 Å². The molecule has 0 aromatic heterocycles. The lowest BCUT2D eigenvalue weighted by Gasteiger charge is -2.54. The third-order valence-corrected chi connectivity index (χ3v) is 5.91. The van der Waals surface area contributed by atoms with Gasteiger partial charge in [-0.1, -0.05) is 6.07 Å². The van der Waals surface area contributed by atoms with E-state index < -0.39 is 0 Å². The smallest absolute Gasteiger partial charge is 0.231 e. The normalized spacial score (nSPS) is 25.1. The quantitative estimate of drug-likeness (QED) is 0.612. The number of rotatable bonds is 2. The zero-order chi connectivity index (χ0) is 17.9. The van der Waals surface area contributed by atoms with Gasteiger partial charge in [0.1, 0.15) is 12.6 Å². The van der Waals surface area contributed by atoms with Gasteiger partial charge in [0, 0.05) is 18.4 Å². The van der Waals surface area contributed by atoms with Crippen molar-refractivity contribution in [3.8, 4) is 23.0 Å². The summed E-state index contributed by atoms with van der Waals surface area (Å²) in [4.78, 5) is 0. The summed E-state index contributed by atoms with van der Waals surface area (Å²) < 4.78 is 21.8. The first-order valence-electron chi connectivity index (χ1n) is 8.86. The number of benzene rings is 2. The van der Waals surface area contributed by atoms with Crippen molar-refractivity contribution < 1.29 is 23.6 Å². The van der Waals surface area contributed by atoms with Gasteiger partial charge in [0.2, 0.25) is 6.79 Å². The highest BCUT2D eigenvalue weighted by Crippen LogP contribution is 2.49. The highest BCUT2D eigenvalue weighted by Gasteiger charge is 2.42. The maximum atomic E-state index is 13.8. The molecule has 0 N–H and O–H groups in total. The number of fused-ring (bicyclic) bond motifs is 5. The molecule has 0 aliphatic carbocycles. The lowest BCUT2D eigenvalue weighted by atomic mass is 9.83. The minimum atomic E-state index is -0.261. The van der Waals surface area contributed by atoms with Gasteiger partial charge in [-0.05, 0) is 29.3 Å². The summed E-state index contributed by atoms with van der Waals surface area (Å²) in [5.74, 6) is 2.90. The Morgan fingerprint density at radius 2 is 1.88 bits per heavy atom. The minimum Gasteiger partial charge on any atom is -0.632 e. The van der Waals surface area contributed by atoms with Crippen LogP contribution in [0.1, 0.15) is 28.3 Å². The molecule has 0 amide bonds. The minimum absolute atomic E-state index is 0.126. The van der Waals surface area contributed by atoms with E-state index in [-0.39, 0.29) is 17.5 Å². The van der Waals surface area contributed by atoms with Crippen LogP contribution in [0, 0.1) is 5.21 Å². The molecule has 3 aliphatic heterocycles. The number of hydroxylamine groups is 3. The Morgan fingerprint density at radius 3 is 2.65 bits per heavy atom. The average Bonchev–Trinajstić information content (AvgIpc) is 3.11. The summed E-state index contributed by atoms with van der Waals surface area (Å²) in [6, 6.07) is 7.91. The molecule has 0 unspecified atom stereocenters. The second-order valence-electron chi connectivity index (χ2n) is 7.15. The molecule has 136 valence electrons. The molecule has 3 aliphatic rings. The first kappa shape index (κ1) is 15.8. The van der Waals surface area contributed by atoms with Crippen LogP contribution in [0.25, 0.3) is 0 Å². The largest absolute Gasteiger partial charge is 0.632 e. The highest BCUT2D eigenvalue weighted by atomic mass is 16.7. The van der Waals surface area contributed by atoms with E-state index in [9.17, 15) is 5.21 Å². The van der Waals surface area contributed by atoms with Crippen molar-refractivity contribution in [3.05, 3.63) is 51.7 Å². The van der Waals surface area contributed by atoms with Crippen LogP contribution < -0.4 is 18.9 Å². The van der Waals surface area contributed by atoms with Crippen LogP contribution in [-0.4, -0.2) is 32.2 Å². The molecule has 2 atom stereocenters. The van der Waals surface area contributed by atoms with Gasteiger partial charge in [0.25, 0.3) is 0 Å². The fourth-order valence-electron chi connectivity index (χ4n) is 4.58. The zero-order valence-corrected chi connectivity index (χ0v) is 14.9. The fourth-order valence-corrected chi connectivity index (χ4v) is 4.58. The number of nitrogens with zero attached hydrogens (tertiary/aromatic N) is 1. The fraction of sp³-hybridized carbons (Fsp3) is 0.400. The second-order valence-corrected chi connectivity index (χ2v) is 7.15. The first-order chi connectivity index (χ1) is 12.6. The van der Waals surface area contributed by atoms with Crippen molar-refractivity contribution in [1.82, 2.24) is 0 Å². The summed E-state index contributed by atoms with van der Waals surface area (Å²) in [6.45, 7) is 1.20.